The first-order chi connectivity index (χ1) is 15.6. The highest BCUT2D eigenvalue weighted by Crippen LogP contribution is 2.37. The molecule has 1 amide bonds. The molecular weight excluding hydrogens is 438 g/mol. The largest absolute Gasteiger partial charge is 0.495 e. The van der Waals surface area contributed by atoms with Crippen LogP contribution in [0.15, 0.2) is 64.6 Å². The van der Waals surface area contributed by atoms with Crippen molar-refractivity contribution in [3.8, 4) is 5.75 Å². The predicted molar refractivity (Wildman–Crippen MR) is 131 cm³/mol. The molecule has 1 aliphatic rings. The van der Waals surface area contributed by atoms with Crippen molar-refractivity contribution in [2.75, 3.05) is 18.0 Å². The third kappa shape index (κ3) is 6.13. The van der Waals surface area contributed by atoms with E-state index in [0.717, 1.165) is 35.7 Å². The molecule has 0 unspecified atom stereocenters. The van der Waals surface area contributed by atoms with E-state index >= 15 is 0 Å². The molecule has 2 aromatic rings. The highest BCUT2D eigenvalue weighted by Gasteiger charge is 2.30. The number of rotatable bonds is 7. The van der Waals surface area contributed by atoms with Gasteiger partial charge in [0.1, 0.15) is 12.3 Å². The number of nitrogens with one attached hydrogen (secondary N) is 1. The van der Waals surface area contributed by atoms with Crippen LogP contribution in [0.2, 0.25) is 0 Å². The molecule has 0 spiro atoms. The first kappa shape index (κ1) is 24.8. The van der Waals surface area contributed by atoms with Gasteiger partial charge in [-0.2, -0.15) is 5.10 Å². The predicted octanol–water partition coefficient (Wildman–Crippen LogP) is 4.60. The maximum atomic E-state index is 13.4. The van der Waals surface area contributed by atoms with Gasteiger partial charge in [0.05, 0.1) is 17.7 Å². The fourth-order valence-electron chi connectivity index (χ4n) is 4.09. The van der Waals surface area contributed by atoms with E-state index in [9.17, 15) is 13.2 Å². The summed E-state index contributed by atoms with van der Waals surface area (Å²) in [4.78, 5) is 12.9. The summed E-state index contributed by atoms with van der Waals surface area (Å²) in [6.45, 7) is 6.34. The Kier molecular flexibility index (Phi) is 7.79. The monoisotopic (exact) mass is 471 g/mol. The molecule has 0 atom stereocenters. The number of sulfonamides is 1. The molecule has 0 heterocycles. The van der Waals surface area contributed by atoms with Crippen LogP contribution in [-0.4, -0.2) is 33.7 Å². The van der Waals surface area contributed by atoms with E-state index in [1.54, 1.807) is 42.5 Å². The van der Waals surface area contributed by atoms with Gasteiger partial charge in [0.15, 0.2) is 0 Å². The van der Waals surface area contributed by atoms with Crippen LogP contribution in [0.1, 0.15) is 46.5 Å². The summed E-state index contributed by atoms with van der Waals surface area (Å²) in [7, 11) is -2.54. The second-order valence-electron chi connectivity index (χ2n) is 9.35. The van der Waals surface area contributed by atoms with E-state index in [2.05, 4.69) is 31.3 Å². The fraction of sp³-hybridized carbons (Fsp3) is 0.440. The number of para-hydroxylation sites is 2. The van der Waals surface area contributed by atoms with Crippen molar-refractivity contribution in [2.45, 2.75) is 51.3 Å². The molecule has 1 N–H and O–H groups in total. The van der Waals surface area contributed by atoms with Crippen molar-refractivity contribution < 1.29 is 17.9 Å². The Balaban J connectivity index is 1.79. The fourth-order valence-corrected chi connectivity index (χ4v) is 5.54. The maximum absolute atomic E-state index is 13.4. The van der Waals surface area contributed by atoms with Gasteiger partial charge >= 0.3 is 0 Å². The number of carbonyl (C=O) groups excluding carboxylic acids is 1. The topological polar surface area (TPSA) is 88.1 Å². The molecule has 1 saturated carbocycles. The number of hydrogen-bond donors (Lipinski definition) is 1. The minimum absolute atomic E-state index is 0.0931. The standard InChI is InChI=1S/C25H33N3O4S/c1-25(2,3)19-14-16-20(17-15-19)26-27-24(29)18-28(22-12-8-9-13-23(22)32-4)33(30,31)21-10-6-5-7-11-21/h5-13,19H,14-18H2,1-4H3,(H,27,29). The average Bonchev–Trinajstić information content (AvgIpc) is 2.81. The Bertz CT molecular complexity index is 1080. The Morgan fingerprint density at radius 3 is 2.27 bits per heavy atom. The van der Waals surface area contributed by atoms with Crippen molar-refractivity contribution in [1.82, 2.24) is 5.43 Å². The summed E-state index contributed by atoms with van der Waals surface area (Å²) >= 11 is 0. The quantitative estimate of drug-likeness (QED) is 0.598. The highest BCUT2D eigenvalue weighted by atomic mass is 32.2. The first-order valence-electron chi connectivity index (χ1n) is 11.2. The molecule has 1 aliphatic carbocycles. The Hall–Kier alpha value is -2.87. The van der Waals surface area contributed by atoms with Gasteiger partial charge in [0, 0.05) is 5.71 Å². The molecule has 0 saturated heterocycles. The lowest BCUT2D eigenvalue weighted by molar-refractivity contribution is -0.119. The van der Waals surface area contributed by atoms with E-state index in [1.807, 2.05) is 0 Å². The SMILES string of the molecule is COc1ccccc1N(CC(=O)NN=C1CCC(C(C)(C)C)CC1)S(=O)(=O)c1ccccc1. The molecule has 1 fully saturated rings. The number of nitrogens with zero attached hydrogens (tertiary/aromatic N) is 2. The van der Waals surface area contributed by atoms with E-state index in [-0.39, 0.29) is 16.0 Å². The molecule has 0 aromatic heterocycles. The lowest BCUT2D eigenvalue weighted by atomic mass is 9.72. The van der Waals surface area contributed by atoms with Crippen molar-refractivity contribution in [3.05, 3.63) is 54.6 Å². The van der Waals surface area contributed by atoms with Crippen molar-refractivity contribution in [2.24, 2.45) is 16.4 Å². The van der Waals surface area contributed by atoms with Gasteiger partial charge in [-0.1, -0.05) is 51.1 Å². The molecule has 178 valence electrons. The molecule has 0 aliphatic heterocycles. The summed E-state index contributed by atoms with van der Waals surface area (Å²) in [5.41, 5.74) is 4.06. The van der Waals surface area contributed by atoms with Crippen LogP contribution < -0.4 is 14.5 Å². The zero-order chi connectivity index (χ0) is 24.1. The van der Waals surface area contributed by atoms with E-state index in [1.165, 1.54) is 19.2 Å². The number of benzene rings is 2. The highest BCUT2D eigenvalue weighted by molar-refractivity contribution is 7.92. The van der Waals surface area contributed by atoms with Gasteiger partial charge in [-0.3, -0.25) is 9.10 Å². The third-order valence-electron chi connectivity index (χ3n) is 6.10. The van der Waals surface area contributed by atoms with Crippen molar-refractivity contribution in [1.29, 1.82) is 0 Å². The van der Waals surface area contributed by atoms with Crippen LogP contribution in [0.25, 0.3) is 0 Å². The van der Waals surface area contributed by atoms with Gasteiger partial charge in [-0.05, 0) is 61.3 Å². The van der Waals surface area contributed by atoms with Gasteiger partial charge in [0.25, 0.3) is 15.9 Å². The molecule has 8 heteroatoms. The Labute approximate surface area is 196 Å². The van der Waals surface area contributed by atoms with E-state index < -0.39 is 22.5 Å². The first-order valence-corrected chi connectivity index (χ1v) is 12.6. The van der Waals surface area contributed by atoms with Crippen LogP contribution in [0.3, 0.4) is 0 Å². The number of amides is 1. The second kappa shape index (κ2) is 10.4. The van der Waals surface area contributed by atoms with Crippen LogP contribution >= 0.6 is 0 Å². The minimum atomic E-state index is -4.00. The Morgan fingerprint density at radius 1 is 1.06 bits per heavy atom. The molecule has 7 nitrogen and oxygen atoms in total. The van der Waals surface area contributed by atoms with Gasteiger partial charge in [-0.25, -0.2) is 13.8 Å². The number of anilines is 1. The number of carbonyl (C=O) groups is 1. The van der Waals surface area contributed by atoms with Crippen LogP contribution in [-0.2, 0) is 14.8 Å². The number of methoxy groups -OCH3 is 1. The number of hydrogen-bond acceptors (Lipinski definition) is 5. The maximum Gasteiger partial charge on any atom is 0.264 e. The summed E-state index contributed by atoms with van der Waals surface area (Å²) in [5, 5.41) is 4.31. The molecule has 0 radical (unpaired) electrons. The van der Waals surface area contributed by atoms with Gasteiger partial charge in [0.2, 0.25) is 0 Å². The zero-order valence-electron chi connectivity index (χ0n) is 19.7. The summed E-state index contributed by atoms with van der Waals surface area (Å²) in [6.07, 6.45) is 3.74. The second-order valence-corrected chi connectivity index (χ2v) is 11.2. The molecule has 3 rings (SSSR count). The molecule has 33 heavy (non-hydrogen) atoms. The molecular formula is C25H33N3O4S. The van der Waals surface area contributed by atoms with Crippen LogP contribution in [0.4, 0.5) is 5.69 Å². The van der Waals surface area contributed by atoms with E-state index in [0.29, 0.717) is 11.7 Å². The summed E-state index contributed by atoms with van der Waals surface area (Å²) < 4.78 is 33.3. The van der Waals surface area contributed by atoms with Crippen LogP contribution in [0.5, 0.6) is 5.75 Å². The third-order valence-corrected chi connectivity index (χ3v) is 7.87. The normalized spacial score (nSPS) is 16.7. The summed E-state index contributed by atoms with van der Waals surface area (Å²) in [6, 6.07) is 14.8. The summed E-state index contributed by atoms with van der Waals surface area (Å²) in [5.74, 6) is 0.478. The zero-order valence-corrected chi connectivity index (χ0v) is 20.6. The lowest BCUT2D eigenvalue weighted by Crippen LogP contribution is -2.40. The average molecular weight is 472 g/mol. The van der Waals surface area contributed by atoms with E-state index in [4.69, 9.17) is 4.74 Å². The van der Waals surface area contributed by atoms with Gasteiger partial charge in [-0.15, -0.1) is 0 Å². The van der Waals surface area contributed by atoms with Crippen LogP contribution in [0, 0.1) is 11.3 Å². The number of ether oxygens (including phenoxy) is 1. The minimum Gasteiger partial charge on any atom is -0.495 e. The smallest absolute Gasteiger partial charge is 0.264 e. The molecule has 2 aromatic carbocycles. The van der Waals surface area contributed by atoms with Gasteiger partial charge < -0.3 is 4.74 Å². The van der Waals surface area contributed by atoms with Crippen molar-refractivity contribution in [3.63, 3.8) is 0 Å². The van der Waals surface area contributed by atoms with Crippen molar-refractivity contribution >= 4 is 27.3 Å². The lowest BCUT2D eigenvalue weighted by Gasteiger charge is -2.34. The number of hydrazone groups is 1. The Morgan fingerprint density at radius 2 is 1.67 bits per heavy atom. The molecule has 0 bridgehead atoms.